The molecule has 1 aliphatic heterocycles. The number of amides is 2. The Morgan fingerprint density at radius 2 is 1.89 bits per heavy atom. The molecule has 1 aromatic carbocycles. The Morgan fingerprint density at radius 1 is 1.14 bits per heavy atom. The molecular formula is C24H26ClN5O5. The molecule has 2 N–H and O–H groups in total. The Morgan fingerprint density at radius 3 is 2.49 bits per heavy atom. The van der Waals surface area contributed by atoms with Crippen molar-refractivity contribution in [1.29, 1.82) is 0 Å². The van der Waals surface area contributed by atoms with Gasteiger partial charge in [0.2, 0.25) is 5.88 Å². The van der Waals surface area contributed by atoms with Crippen LogP contribution >= 0.6 is 11.6 Å². The number of nitrogens with one attached hydrogen (secondary N) is 1. The van der Waals surface area contributed by atoms with E-state index in [1.54, 1.807) is 48.8 Å². The molecule has 35 heavy (non-hydrogen) atoms. The largest absolute Gasteiger partial charge is 0.488 e. The number of pyridine rings is 1. The van der Waals surface area contributed by atoms with E-state index in [2.05, 4.69) is 15.4 Å². The van der Waals surface area contributed by atoms with Crippen molar-refractivity contribution in [2.24, 2.45) is 7.05 Å². The van der Waals surface area contributed by atoms with Crippen molar-refractivity contribution in [3.8, 4) is 17.4 Å². The van der Waals surface area contributed by atoms with E-state index in [4.69, 9.17) is 21.1 Å². The summed E-state index contributed by atoms with van der Waals surface area (Å²) in [5.41, 5.74) is 0.613. The van der Waals surface area contributed by atoms with Crippen molar-refractivity contribution in [3.63, 3.8) is 0 Å². The van der Waals surface area contributed by atoms with Crippen LogP contribution in [0.2, 0.25) is 5.02 Å². The number of hydrogen-bond donors (Lipinski definition) is 2. The van der Waals surface area contributed by atoms with Crippen LogP contribution in [0.25, 0.3) is 0 Å². The van der Waals surface area contributed by atoms with E-state index in [0.29, 0.717) is 17.1 Å². The van der Waals surface area contributed by atoms with Crippen molar-refractivity contribution >= 4 is 29.2 Å². The van der Waals surface area contributed by atoms with Gasteiger partial charge in [-0.2, -0.15) is 5.10 Å². The number of aliphatic hydroxyl groups is 1. The summed E-state index contributed by atoms with van der Waals surface area (Å²) in [6.45, 7) is 4.75. The lowest BCUT2D eigenvalue weighted by atomic mass is 10.1. The normalized spacial score (nSPS) is 14.6. The summed E-state index contributed by atoms with van der Waals surface area (Å²) >= 11 is 6.35. The van der Waals surface area contributed by atoms with Gasteiger partial charge in [-0.15, -0.1) is 0 Å². The topological polar surface area (TPSA) is 119 Å². The third kappa shape index (κ3) is 5.90. The highest BCUT2D eigenvalue weighted by Crippen LogP contribution is 2.32. The third-order valence-electron chi connectivity index (χ3n) is 5.51. The summed E-state index contributed by atoms with van der Waals surface area (Å²) in [4.78, 5) is 31.2. The summed E-state index contributed by atoms with van der Waals surface area (Å²) in [7, 11) is 1.74. The first-order chi connectivity index (χ1) is 16.7. The molecule has 4 rings (SSSR count). The Labute approximate surface area is 207 Å². The molecular weight excluding hydrogens is 474 g/mol. The number of carbonyl (C=O) groups is 2. The van der Waals surface area contributed by atoms with E-state index in [1.807, 2.05) is 0 Å². The van der Waals surface area contributed by atoms with E-state index in [0.717, 1.165) is 19.5 Å². The predicted octanol–water partition coefficient (Wildman–Crippen LogP) is 3.51. The molecule has 1 saturated heterocycles. The molecule has 3 aromatic rings. The van der Waals surface area contributed by atoms with Crippen LogP contribution in [0.15, 0.2) is 42.7 Å². The number of carbonyl (C=O) groups excluding carboxylic acids is 2. The van der Waals surface area contributed by atoms with Crippen LogP contribution in [-0.4, -0.2) is 61.9 Å². The van der Waals surface area contributed by atoms with Gasteiger partial charge in [0.15, 0.2) is 5.82 Å². The maximum absolute atomic E-state index is 12.9. The fourth-order valence-electron chi connectivity index (χ4n) is 3.24. The second-order valence-corrected chi connectivity index (χ2v) is 8.75. The summed E-state index contributed by atoms with van der Waals surface area (Å²) in [5, 5.41) is 16.8. The maximum atomic E-state index is 12.9. The van der Waals surface area contributed by atoms with Crippen LogP contribution < -0.4 is 14.8 Å². The van der Waals surface area contributed by atoms with Crippen LogP contribution in [0.4, 0.5) is 5.82 Å². The SMILES string of the molecule is C[C@H](O)[C@H](C)Oc1cc(Oc2ncc(C(=O)N3CCC3)cc2Cl)cc(C(=O)Nc2ccn(C)n2)c1. The number of halogens is 1. The van der Waals surface area contributed by atoms with E-state index >= 15 is 0 Å². The number of likely N-dealkylation sites (tertiary alicyclic amines) is 1. The van der Waals surface area contributed by atoms with Gasteiger partial charge in [0.05, 0.1) is 11.7 Å². The molecule has 2 atom stereocenters. The summed E-state index contributed by atoms with van der Waals surface area (Å²) in [5.74, 6) is 0.441. The molecule has 11 heteroatoms. The van der Waals surface area contributed by atoms with Crippen LogP contribution in [-0.2, 0) is 7.05 Å². The number of aromatic nitrogens is 3. The Kier molecular flexibility index (Phi) is 7.23. The monoisotopic (exact) mass is 499 g/mol. The van der Waals surface area contributed by atoms with Crippen LogP contribution in [0.1, 0.15) is 41.0 Å². The van der Waals surface area contributed by atoms with Crippen LogP contribution in [0.3, 0.4) is 0 Å². The summed E-state index contributed by atoms with van der Waals surface area (Å²) in [6, 6.07) is 7.78. The van der Waals surface area contributed by atoms with Gasteiger partial charge >= 0.3 is 0 Å². The van der Waals surface area contributed by atoms with Crippen molar-refractivity contribution in [2.45, 2.75) is 32.5 Å². The second-order valence-electron chi connectivity index (χ2n) is 8.34. The minimum atomic E-state index is -0.738. The number of aryl methyl sites for hydroxylation is 1. The fourth-order valence-corrected chi connectivity index (χ4v) is 3.45. The van der Waals surface area contributed by atoms with Gasteiger partial charge in [-0.3, -0.25) is 14.3 Å². The summed E-state index contributed by atoms with van der Waals surface area (Å²) < 4.78 is 13.2. The molecule has 10 nitrogen and oxygen atoms in total. The number of benzene rings is 1. The summed E-state index contributed by atoms with van der Waals surface area (Å²) in [6.07, 6.45) is 2.82. The van der Waals surface area contributed by atoms with Crippen molar-refractivity contribution in [2.75, 3.05) is 18.4 Å². The predicted molar refractivity (Wildman–Crippen MR) is 129 cm³/mol. The average molecular weight is 500 g/mol. The highest BCUT2D eigenvalue weighted by atomic mass is 35.5. The molecule has 0 aliphatic carbocycles. The zero-order chi connectivity index (χ0) is 25.1. The number of aliphatic hydroxyl groups excluding tert-OH is 1. The Balaban J connectivity index is 1.59. The number of rotatable bonds is 8. The molecule has 184 valence electrons. The molecule has 1 aliphatic rings. The molecule has 2 amide bonds. The molecule has 0 radical (unpaired) electrons. The lowest BCUT2D eigenvalue weighted by molar-refractivity contribution is 0.0602. The van der Waals surface area contributed by atoms with Gasteiger partial charge < -0.3 is 24.8 Å². The molecule has 0 unspecified atom stereocenters. The number of ether oxygens (including phenoxy) is 2. The molecule has 0 saturated carbocycles. The highest BCUT2D eigenvalue weighted by Gasteiger charge is 2.23. The second kappa shape index (κ2) is 10.3. The van der Waals surface area contributed by atoms with Crippen molar-refractivity contribution in [1.82, 2.24) is 19.7 Å². The zero-order valence-electron chi connectivity index (χ0n) is 19.6. The van der Waals surface area contributed by atoms with E-state index < -0.39 is 18.1 Å². The molecule has 3 heterocycles. The quantitative estimate of drug-likeness (QED) is 0.486. The molecule has 0 bridgehead atoms. The van der Waals surface area contributed by atoms with Gasteiger partial charge in [0.1, 0.15) is 22.6 Å². The average Bonchev–Trinajstić information content (AvgIpc) is 3.18. The lowest BCUT2D eigenvalue weighted by Gasteiger charge is -2.30. The third-order valence-corrected chi connectivity index (χ3v) is 5.78. The Bertz CT molecular complexity index is 1240. The smallest absolute Gasteiger partial charge is 0.257 e. The molecule has 0 spiro atoms. The standard InChI is InChI=1S/C24H26ClN5O5/c1-14(31)15(2)34-18-9-16(22(32)27-21-5-8-29(3)28-21)10-19(12-18)35-23-20(25)11-17(13-26-23)24(33)30-6-4-7-30/h5,8-15,31H,4,6-7H2,1-3H3,(H,27,28,32)/t14-,15-/m0/s1. The van der Waals surface area contributed by atoms with Crippen molar-refractivity contribution in [3.05, 3.63) is 58.9 Å². The van der Waals surface area contributed by atoms with Gasteiger partial charge in [0.25, 0.3) is 11.8 Å². The van der Waals surface area contributed by atoms with Gasteiger partial charge in [0, 0.05) is 50.2 Å². The van der Waals surface area contributed by atoms with Gasteiger partial charge in [-0.05, 0) is 38.5 Å². The maximum Gasteiger partial charge on any atom is 0.257 e. The number of hydrogen-bond acceptors (Lipinski definition) is 7. The van der Waals surface area contributed by atoms with Crippen molar-refractivity contribution < 1.29 is 24.2 Å². The number of nitrogens with zero attached hydrogens (tertiary/aromatic N) is 4. The van der Waals surface area contributed by atoms with E-state index in [-0.39, 0.29) is 28.1 Å². The fraction of sp³-hybridized carbons (Fsp3) is 0.333. The van der Waals surface area contributed by atoms with E-state index in [9.17, 15) is 14.7 Å². The minimum Gasteiger partial charge on any atom is -0.488 e. The highest BCUT2D eigenvalue weighted by molar-refractivity contribution is 6.32. The molecule has 2 aromatic heterocycles. The van der Waals surface area contributed by atoms with Gasteiger partial charge in [-0.1, -0.05) is 11.6 Å². The first-order valence-corrected chi connectivity index (χ1v) is 11.5. The zero-order valence-corrected chi connectivity index (χ0v) is 20.3. The Hall–Kier alpha value is -3.63. The van der Waals surface area contributed by atoms with Gasteiger partial charge in [-0.25, -0.2) is 4.98 Å². The van der Waals surface area contributed by atoms with E-state index in [1.165, 1.54) is 24.4 Å². The molecule has 1 fully saturated rings. The minimum absolute atomic E-state index is 0.0728. The lowest BCUT2D eigenvalue weighted by Crippen LogP contribution is -2.42. The number of anilines is 1. The van der Waals surface area contributed by atoms with Crippen LogP contribution in [0.5, 0.6) is 17.4 Å². The first-order valence-electron chi connectivity index (χ1n) is 11.1. The van der Waals surface area contributed by atoms with Crippen LogP contribution in [0, 0.1) is 0 Å². The first kappa shape index (κ1) is 24.5.